The molecule has 0 aromatic heterocycles. The van der Waals surface area contributed by atoms with Gasteiger partial charge in [0.2, 0.25) is 10.0 Å². The van der Waals surface area contributed by atoms with Gasteiger partial charge in [0.15, 0.2) is 0 Å². The van der Waals surface area contributed by atoms with Gasteiger partial charge in [0.05, 0.1) is 11.9 Å². The molecule has 6 heteroatoms. The molecule has 0 aliphatic carbocycles. The molecule has 1 atom stereocenters. The zero-order chi connectivity index (χ0) is 13.8. The number of nitrogens with two attached hydrogens (primary N) is 1. The Bertz CT molecular complexity index is 469. The van der Waals surface area contributed by atoms with Crippen LogP contribution in [0, 0.1) is 5.92 Å². The predicted molar refractivity (Wildman–Crippen MR) is 72.4 cm³/mol. The maximum atomic E-state index is 11.6. The molecule has 102 valence electrons. The second-order valence-corrected chi connectivity index (χ2v) is 6.56. The molecule has 1 rings (SSSR count). The highest BCUT2D eigenvalue weighted by Gasteiger charge is 2.15. The smallest absolute Gasteiger partial charge is 0.211 e. The van der Waals surface area contributed by atoms with Gasteiger partial charge in [-0.05, 0) is 23.6 Å². The summed E-state index contributed by atoms with van der Waals surface area (Å²) in [6, 6.07) is 6.69. The van der Waals surface area contributed by atoms with Crippen LogP contribution in [0.1, 0.15) is 25.5 Å². The standard InChI is InChI=1S/C12H20N2O3S/c1-9(2)8-18(16,17)14-7-12(15)10-3-5-11(13)6-4-10/h3-6,9,12,14-15H,7-8,13H2,1-2H3. The molecule has 0 saturated carbocycles. The third-order valence-corrected chi connectivity index (χ3v) is 4.08. The molecule has 0 fully saturated rings. The van der Waals surface area contributed by atoms with Gasteiger partial charge in [0.1, 0.15) is 0 Å². The normalized spacial score (nSPS) is 13.8. The molecule has 4 N–H and O–H groups in total. The Balaban J connectivity index is 2.56. The summed E-state index contributed by atoms with van der Waals surface area (Å²) in [6.45, 7) is 3.63. The molecule has 0 bridgehead atoms. The van der Waals surface area contributed by atoms with E-state index in [1.165, 1.54) is 0 Å². The van der Waals surface area contributed by atoms with Crippen molar-refractivity contribution in [3.63, 3.8) is 0 Å². The Labute approximate surface area is 108 Å². The number of aliphatic hydroxyl groups excluding tert-OH is 1. The van der Waals surface area contributed by atoms with Gasteiger partial charge in [0.25, 0.3) is 0 Å². The highest BCUT2D eigenvalue weighted by molar-refractivity contribution is 7.89. The third-order valence-electron chi connectivity index (χ3n) is 2.37. The van der Waals surface area contributed by atoms with Crippen molar-refractivity contribution in [2.45, 2.75) is 20.0 Å². The first-order valence-electron chi connectivity index (χ1n) is 5.81. The van der Waals surface area contributed by atoms with E-state index in [1.54, 1.807) is 24.3 Å². The third kappa shape index (κ3) is 5.03. The van der Waals surface area contributed by atoms with Gasteiger partial charge in [0, 0.05) is 12.2 Å². The number of anilines is 1. The molecule has 0 radical (unpaired) electrons. The molecule has 1 aromatic carbocycles. The molecule has 0 aliphatic heterocycles. The summed E-state index contributed by atoms with van der Waals surface area (Å²) < 4.78 is 25.6. The van der Waals surface area contributed by atoms with E-state index in [0.29, 0.717) is 11.3 Å². The minimum Gasteiger partial charge on any atom is -0.399 e. The highest BCUT2D eigenvalue weighted by atomic mass is 32.2. The second-order valence-electron chi connectivity index (χ2n) is 4.71. The molecule has 0 heterocycles. The maximum Gasteiger partial charge on any atom is 0.211 e. The van der Waals surface area contributed by atoms with Crippen LogP contribution in [0.2, 0.25) is 0 Å². The number of nitrogens with one attached hydrogen (secondary N) is 1. The fourth-order valence-electron chi connectivity index (χ4n) is 1.54. The van der Waals surface area contributed by atoms with Gasteiger partial charge in [-0.15, -0.1) is 0 Å². The largest absolute Gasteiger partial charge is 0.399 e. The number of nitrogen functional groups attached to an aromatic ring is 1. The Morgan fingerprint density at radius 1 is 1.28 bits per heavy atom. The lowest BCUT2D eigenvalue weighted by Crippen LogP contribution is -2.32. The van der Waals surface area contributed by atoms with Crippen LogP contribution in [0.4, 0.5) is 5.69 Å². The SMILES string of the molecule is CC(C)CS(=O)(=O)NCC(O)c1ccc(N)cc1. The molecule has 18 heavy (non-hydrogen) atoms. The number of hydrogen-bond donors (Lipinski definition) is 3. The van der Waals surface area contributed by atoms with Crippen LogP contribution in [0.5, 0.6) is 0 Å². The van der Waals surface area contributed by atoms with Gasteiger partial charge in [-0.2, -0.15) is 0 Å². The zero-order valence-corrected chi connectivity index (χ0v) is 11.4. The van der Waals surface area contributed by atoms with Crippen LogP contribution < -0.4 is 10.5 Å². The zero-order valence-electron chi connectivity index (χ0n) is 10.6. The average Bonchev–Trinajstić information content (AvgIpc) is 2.25. The second kappa shape index (κ2) is 6.17. The van der Waals surface area contributed by atoms with Crippen molar-refractivity contribution in [3.05, 3.63) is 29.8 Å². The van der Waals surface area contributed by atoms with E-state index >= 15 is 0 Å². The molecule has 0 amide bonds. The Morgan fingerprint density at radius 2 is 1.83 bits per heavy atom. The number of sulfonamides is 1. The number of rotatable bonds is 6. The first-order valence-corrected chi connectivity index (χ1v) is 7.46. The fourth-order valence-corrected chi connectivity index (χ4v) is 2.95. The van der Waals surface area contributed by atoms with Crippen molar-refractivity contribution >= 4 is 15.7 Å². The average molecular weight is 272 g/mol. The van der Waals surface area contributed by atoms with Crippen LogP contribution in [-0.2, 0) is 10.0 Å². The topological polar surface area (TPSA) is 92.4 Å². The van der Waals surface area contributed by atoms with Gasteiger partial charge >= 0.3 is 0 Å². The van der Waals surface area contributed by atoms with Crippen molar-refractivity contribution in [1.29, 1.82) is 0 Å². The molecular formula is C12H20N2O3S. The van der Waals surface area contributed by atoms with Gasteiger partial charge in [-0.1, -0.05) is 26.0 Å². The summed E-state index contributed by atoms with van der Waals surface area (Å²) in [6.07, 6.45) is -0.868. The van der Waals surface area contributed by atoms with E-state index < -0.39 is 16.1 Å². The van der Waals surface area contributed by atoms with E-state index in [4.69, 9.17) is 5.73 Å². The molecule has 1 unspecified atom stereocenters. The minimum atomic E-state index is -3.33. The molecule has 1 aromatic rings. The first-order chi connectivity index (χ1) is 8.30. The lowest BCUT2D eigenvalue weighted by atomic mass is 10.1. The monoisotopic (exact) mass is 272 g/mol. The van der Waals surface area contributed by atoms with Crippen LogP contribution in [0.3, 0.4) is 0 Å². The minimum absolute atomic E-state index is 0.0288. The molecule has 0 aliphatic rings. The van der Waals surface area contributed by atoms with Crippen molar-refractivity contribution < 1.29 is 13.5 Å². The van der Waals surface area contributed by atoms with E-state index in [-0.39, 0.29) is 18.2 Å². The Kier molecular flexibility index (Phi) is 5.13. The highest BCUT2D eigenvalue weighted by Crippen LogP contribution is 2.14. The van der Waals surface area contributed by atoms with Crippen molar-refractivity contribution in [2.24, 2.45) is 5.92 Å². The van der Waals surface area contributed by atoms with Gasteiger partial charge < -0.3 is 10.8 Å². The Morgan fingerprint density at radius 3 is 2.33 bits per heavy atom. The summed E-state index contributed by atoms with van der Waals surface area (Å²) in [5, 5.41) is 9.84. The summed E-state index contributed by atoms with van der Waals surface area (Å²) in [5.41, 5.74) is 6.77. The van der Waals surface area contributed by atoms with Crippen molar-refractivity contribution in [1.82, 2.24) is 4.72 Å². The van der Waals surface area contributed by atoms with Gasteiger partial charge in [-0.25, -0.2) is 13.1 Å². The summed E-state index contributed by atoms with van der Waals surface area (Å²) in [5.74, 6) is 0.109. The van der Waals surface area contributed by atoms with Crippen LogP contribution in [-0.4, -0.2) is 25.8 Å². The maximum absolute atomic E-state index is 11.6. The van der Waals surface area contributed by atoms with Crippen molar-refractivity contribution in [2.75, 3.05) is 18.0 Å². The summed E-state index contributed by atoms with van der Waals surface area (Å²) >= 11 is 0. The number of benzene rings is 1. The van der Waals surface area contributed by atoms with Gasteiger partial charge in [-0.3, -0.25) is 0 Å². The van der Waals surface area contributed by atoms with Crippen LogP contribution in [0.15, 0.2) is 24.3 Å². The van der Waals surface area contributed by atoms with Crippen molar-refractivity contribution in [3.8, 4) is 0 Å². The fraction of sp³-hybridized carbons (Fsp3) is 0.500. The van der Waals surface area contributed by atoms with E-state index in [2.05, 4.69) is 4.72 Å². The van der Waals surface area contributed by atoms with E-state index in [9.17, 15) is 13.5 Å². The quantitative estimate of drug-likeness (QED) is 0.670. The number of aliphatic hydroxyl groups is 1. The lowest BCUT2D eigenvalue weighted by Gasteiger charge is -2.13. The molecule has 5 nitrogen and oxygen atoms in total. The van der Waals surface area contributed by atoms with Crippen LogP contribution in [0.25, 0.3) is 0 Å². The summed E-state index contributed by atoms with van der Waals surface area (Å²) in [4.78, 5) is 0. The molecular weight excluding hydrogens is 252 g/mol. The number of hydrogen-bond acceptors (Lipinski definition) is 4. The molecule has 0 saturated heterocycles. The van der Waals surface area contributed by atoms with E-state index in [1.807, 2.05) is 13.8 Å². The summed E-state index contributed by atoms with van der Waals surface area (Å²) in [7, 11) is -3.33. The van der Waals surface area contributed by atoms with Crippen LogP contribution >= 0.6 is 0 Å². The lowest BCUT2D eigenvalue weighted by molar-refractivity contribution is 0.182. The Hall–Kier alpha value is -1.11. The first kappa shape index (κ1) is 14.9. The van der Waals surface area contributed by atoms with E-state index in [0.717, 1.165) is 0 Å². The predicted octanol–water partition coefficient (Wildman–Crippen LogP) is 0.878. The molecule has 0 spiro atoms.